The van der Waals surface area contributed by atoms with Crippen LogP contribution in [0.4, 0.5) is 17.6 Å². The molecule has 1 aliphatic carbocycles. The van der Waals surface area contributed by atoms with Crippen molar-refractivity contribution >= 4 is 17.6 Å². The quantitative estimate of drug-likeness (QED) is 0.735. The Bertz CT molecular complexity index is 401. The molecule has 0 aliphatic heterocycles. The van der Waals surface area contributed by atoms with Crippen LogP contribution >= 0.6 is 0 Å². The van der Waals surface area contributed by atoms with E-state index in [9.17, 15) is 0 Å². The van der Waals surface area contributed by atoms with Crippen molar-refractivity contribution in [3.63, 3.8) is 0 Å². The summed E-state index contributed by atoms with van der Waals surface area (Å²) in [5, 5.41) is 6.72. The van der Waals surface area contributed by atoms with E-state index in [0.717, 1.165) is 30.5 Å². The summed E-state index contributed by atoms with van der Waals surface area (Å²) in [6.07, 6.45) is 6.40. The molecule has 2 rings (SSSR count). The van der Waals surface area contributed by atoms with Crippen molar-refractivity contribution in [1.29, 1.82) is 0 Å². The van der Waals surface area contributed by atoms with E-state index in [1.54, 1.807) is 0 Å². The molecule has 1 aromatic rings. The summed E-state index contributed by atoms with van der Waals surface area (Å²) in [6.45, 7) is 5.25. The third-order valence-corrected chi connectivity index (χ3v) is 3.78. The number of nitrogens with zero attached hydrogens (tertiary/aromatic N) is 2. The normalized spacial score (nSPS) is 17.4. The van der Waals surface area contributed by atoms with Gasteiger partial charge >= 0.3 is 0 Å². The van der Waals surface area contributed by atoms with Gasteiger partial charge in [-0.3, -0.25) is 0 Å². The summed E-state index contributed by atoms with van der Waals surface area (Å²) in [5.41, 5.74) is 5.76. The van der Waals surface area contributed by atoms with Gasteiger partial charge in [-0.1, -0.05) is 19.8 Å². The van der Waals surface area contributed by atoms with Gasteiger partial charge in [-0.15, -0.1) is 0 Å². The Balaban J connectivity index is 2.00. The Labute approximate surface area is 115 Å². The van der Waals surface area contributed by atoms with Crippen LogP contribution in [-0.2, 0) is 0 Å². The molecule has 1 fully saturated rings. The Hall–Kier alpha value is -1.52. The SMILES string of the molecule is CCCNc1cc(NC(C)C2CCCC2)nc(N)n1. The fourth-order valence-corrected chi connectivity index (χ4v) is 2.69. The largest absolute Gasteiger partial charge is 0.370 e. The predicted octanol–water partition coefficient (Wildman–Crippen LogP) is 2.87. The van der Waals surface area contributed by atoms with Crippen LogP contribution in [0.3, 0.4) is 0 Å². The van der Waals surface area contributed by atoms with E-state index in [4.69, 9.17) is 5.73 Å². The highest BCUT2D eigenvalue weighted by Gasteiger charge is 2.21. The van der Waals surface area contributed by atoms with Gasteiger partial charge in [0.05, 0.1) is 0 Å². The maximum absolute atomic E-state index is 5.76. The molecule has 106 valence electrons. The standard InChI is InChI=1S/C14H25N5/c1-3-8-16-12-9-13(19-14(15)18-12)17-10(2)11-6-4-5-7-11/h9-11H,3-8H2,1-2H3,(H4,15,16,17,18,19). The molecule has 0 saturated heterocycles. The van der Waals surface area contributed by atoms with E-state index in [1.165, 1.54) is 25.7 Å². The minimum Gasteiger partial charge on any atom is -0.370 e. The van der Waals surface area contributed by atoms with Gasteiger partial charge in [-0.05, 0) is 32.1 Å². The van der Waals surface area contributed by atoms with Gasteiger partial charge in [0, 0.05) is 18.7 Å². The van der Waals surface area contributed by atoms with Crippen LogP contribution in [0.1, 0.15) is 46.0 Å². The molecule has 0 aromatic carbocycles. The highest BCUT2D eigenvalue weighted by Crippen LogP contribution is 2.29. The lowest BCUT2D eigenvalue weighted by Crippen LogP contribution is -2.24. The lowest BCUT2D eigenvalue weighted by molar-refractivity contribution is 0.481. The predicted molar refractivity (Wildman–Crippen MR) is 80.3 cm³/mol. The first-order valence-corrected chi connectivity index (χ1v) is 7.34. The van der Waals surface area contributed by atoms with E-state index in [2.05, 4.69) is 34.4 Å². The van der Waals surface area contributed by atoms with Gasteiger partial charge in [0.1, 0.15) is 11.6 Å². The second-order valence-corrected chi connectivity index (χ2v) is 5.40. The van der Waals surface area contributed by atoms with Crippen molar-refractivity contribution in [2.45, 2.75) is 52.0 Å². The topological polar surface area (TPSA) is 75.9 Å². The van der Waals surface area contributed by atoms with Crippen LogP contribution in [0.2, 0.25) is 0 Å². The summed E-state index contributed by atoms with van der Waals surface area (Å²) in [6, 6.07) is 2.38. The fraction of sp³-hybridized carbons (Fsp3) is 0.714. The van der Waals surface area contributed by atoms with E-state index in [1.807, 2.05) is 6.07 Å². The Morgan fingerprint density at radius 1 is 1.32 bits per heavy atom. The van der Waals surface area contributed by atoms with Crippen LogP contribution in [0.5, 0.6) is 0 Å². The monoisotopic (exact) mass is 263 g/mol. The van der Waals surface area contributed by atoms with Crippen molar-refractivity contribution in [3.05, 3.63) is 6.07 Å². The minimum atomic E-state index is 0.322. The third kappa shape index (κ3) is 3.98. The number of hydrogen-bond acceptors (Lipinski definition) is 5. The molecule has 0 spiro atoms. The first-order valence-electron chi connectivity index (χ1n) is 7.34. The first kappa shape index (κ1) is 13.9. The van der Waals surface area contributed by atoms with E-state index < -0.39 is 0 Å². The zero-order valence-electron chi connectivity index (χ0n) is 11.9. The van der Waals surface area contributed by atoms with Crippen molar-refractivity contribution in [1.82, 2.24) is 9.97 Å². The number of nitrogen functional groups attached to an aromatic ring is 1. The average Bonchev–Trinajstić information content (AvgIpc) is 2.89. The zero-order valence-corrected chi connectivity index (χ0v) is 11.9. The molecule has 5 nitrogen and oxygen atoms in total. The summed E-state index contributed by atoms with van der Waals surface area (Å²) in [7, 11) is 0. The van der Waals surface area contributed by atoms with Gasteiger partial charge < -0.3 is 16.4 Å². The minimum absolute atomic E-state index is 0.322. The molecular formula is C14H25N5. The zero-order chi connectivity index (χ0) is 13.7. The molecule has 1 unspecified atom stereocenters. The van der Waals surface area contributed by atoms with Crippen LogP contribution in [0.25, 0.3) is 0 Å². The second kappa shape index (κ2) is 6.59. The van der Waals surface area contributed by atoms with Crippen LogP contribution in [-0.4, -0.2) is 22.6 Å². The van der Waals surface area contributed by atoms with Crippen molar-refractivity contribution in [2.24, 2.45) is 5.92 Å². The van der Waals surface area contributed by atoms with Gasteiger partial charge in [-0.25, -0.2) is 0 Å². The maximum atomic E-state index is 5.76. The molecule has 19 heavy (non-hydrogen) atoms. The number of anilines is 3. The number of rotatable bonds is 6. The summed E-state index contributed by atoms with van der Waals surface area (Å²) < 4.78 is 0. The highest BCUT2D eigenvalue weighted by molar-refractivity contribution is 5.51. The molecule has 0 radical (unpaired) electrons. The molecule has 1 aliphatic rings. The molecule has 0 amide bonds. The van der Waals surface area contributed by atoms with Gasteiger partial charge in [0.15, 0.2) is 0 Å². The molecule has 1 atom stereocenters. The van der Waals surface area contributed by atoms with Crippen molar-refractivity contribution in [3.8, 4) is 0 Å². The van der Waals surface area contributed by atoms with Crippen molar-refractivity contribution < 1.29 is 0 Å². The number of nitrogens with one attached hydrogen (secondary N) is 2. The van der Waals surface area contributed by atoms with E-state index >= 15 is 0 Å². The molecule has 1 aromatic heterocycles. The van der Waals surface area contributed by atoms with Crippen LogP contribution < -0.4 is 16.4 Å². The summed E-state index contributed by atoms with van der Waals surface area (Å²) in [4.78, 5) is 8.46. The highest BCUT2D eigenvalue weighted by atomic mass is 15.1. The summed E-state index contributed by atoms with van der Waals surface area (Å²) in [5.74, 6) is 2.70. The molecular weight excluding hydrogens is 238 g/mol. The number of nitrogens with two attached hydrogens (primary N) is 1. The van der Waals surface area contributed by atoms with E-state index in [0.29, 0.717) is 12.0 Å². The van der Waals surface area contributed by atoms with Gasteiger partial charge in [0.2, 0.25) is 5.95 Å². The maximum Gasteiger partial charge on any atom is 0.223 e. The fourth-order valence-electron chi connectivity index (χ4n) is 2.69. The first-order chi connectivity index (χ1) is 9.19. The molecule has 1 saturated carbocycles. The Kier molecular flexibility index (Phi) is 4.82. The molecule has 5 heteroatoms. The number of hydrogen-bond donors (Lipinski definition) is 3. The summed E-state index contributed by atoms with van der Waals surface area (Å²) >= 11 is 0. The van der Waals surface area contributed by atoms with Gasteiger partial charge in [-0.2, -0.15) is 9.97 Å². The lowest BCUT2D eigenvalue weighted by Gasteiger charge is -2.21. The Morgan fingerprint density at radius 3 is 2.68 bits per heavy atom. The Morgan fingerprint density at radius 2 is 2.00 bits per heavy atom. The lowest BCUT2D eigenvalue weighted by atomic mass is 10.00. The van der Waals surface area contributed by atoms with E-state index in [-0.39, 0.29) is 0 Å². The molecule has 4 N–H and O–H groups in total. The third-order valence-electron chi connectivity index (χ3n) is 3.78. The molecule has 1 heterocycles. The van der Waals surface area contributed by atoms with Crippen LogP contribution in [0, 0.1) is 5.92 Å². The van der Waals surface area contributed by atoms with Crippen molar-refractivity contribution in [2.75, 3.05) is 22.9 Å². The average molecular weight is 263 g/mol. The second-order valence-electron chi connectivity index (χ2n) is 5.40. The van der Waals surface area contributed by atoms with Crippen LogP contribution in [0.15, 0.2) is 6.07 Å². The molecule has 0 bridgehead atoms. The number of aromatic nitrogens is 2. The van der Waals surface area contributed by atoms with Gasteiger partial charge in [0.25, 0.3) is 0 Å². The smallest absolute Gasteiger partial charge is 0.223 e.